The zero-order valence-corrected chi connectivity index (χ0v) is 13.7. The number of anilines is 1. The lowest BCUT2D eigenvalue weighted by atomic mass is 10.2. The molecule has 1 atom stereocenters. The number of aromatic nitrogens is 1. The van der Waals surface area contributed by atoms with Crippen molar-refractivity contribution in [2.24, 2.45) is 0 Å². The number of carbonyl (C=O) groups excluding carboxylic acids is 1. The monoisotopic (exact) mass is 380 g/mol. The summed E-state index contributed by atoms with van der Waals surface area (Å²) in [6, 6.07) is 7.22. The summed E-state index contributed by atoms with van der Waals surface area (Å²) in [4.78, 5) is 16.4. The van der Waals surface area contributed by atoms with Gasteiger partial charge in [-0.2, -0.15) is 0 Å². The molecular weight excluding hydrogens is 367 g/mol. The van der Waals surface area contributed by atoms with Gasteiger partial charge < -0.3 is 14.8 Å². The molecule has 1 aliphatic rings. The highest BCUT2D eigenvalue weighted by atomic mass is 79.9. The predicted octanol–water partition coefficient (Wildman–Crippen LogP) is 3.40. The number of benzene rings is 1. The second kappa shape index (κ2) is 7.06. The predicted molar refractivity (Wildman–Crippen MR) is 86.1 cm³/mol. The second-order valence-corrected chi connectivity index (χ2v) is 5.92. The molecule has 1 aromatic heterocycles. The van der Waals surface area contributed by atoms with E-state index in [4.69, 9.17) is 9.47 Å². The van der Waals surface area contributed by atoms with Crippen LogP contribution in [0.5, 0.6) is 5.88 Å². The molecule has 0 unspecified atom stereocenters. The van der Waals surface area contributed by atoms with Crippen LogP contribution in [0.15, 0.2) is 41.0 Å². The van der Waals surface area contributed by atoms with E-state index < -0.39 is 0 Å². The Balaban J connectivity index is 1.71. The Hall–Kier alpha value is -1.99. The number of nitrogens with one attached hydrogen (secondary N) is 1. The fourth-order valence-electron chi connectivity index (χ4n) is 2.18. The third kappa shape index (κ3) is 4.05. The number of carbonyl (C=O) groups is 1. The van der Waals surface area contributed by atoms with E-state index in [0.717, 1.165) is 6.42 Å². The number of hydrogen-bond donors (Lipinski definition) is 1. The lowest BCUT2D eigenvalue weighted by Crippen LogP contribution is -2.17. The van der Waals surface area contributed by atoms with Gasteiger partial charge >= 0.3 is 0 Å². The molecule has 2 aromatic rings. The van der Waals surface area contributed by atoms with Crippen molar-refractivity contribution in [2.45, 2.75) is 12.5 Å². The number of pyridine rings is 1. The van der Waals surface area contributed by atoms with Crippen molar-refractivity contribution in [1.82, 2.24) is 4.98 Å². The first kappa shape index (κ1) is 15.9. The molecule has 120 valence electrons. The molecule has 0 aliphatic carbocycles. The first-order valence-corrected chi connectivity index (χ1v) is 7.88. The van der Waals surface area contributed by atoms with E-state index in [-0.39, 0.29) is 17.8 Å². The summed E-state index contributed by atoms with van der Waals surface area (Å²) >= 11 is 3.22. The Kier molecular flexibility index (Phi) is 4.88. The lowest BCUT2D eigenvalue weighted by Gasteiger charge is -2.12. The van der Waals surface area contributed by atoms with Crippen LogP contribution in [-0.2, 0) is 4.74 Å². The third-order valence-corrected chi connectivity index (χ3v) is 4.01. The summed E-state index contributed by atoms with van der Waals surface area (Å²) in [6.07, 6.45) is 2.28. The van der Waals surface area contributed by atoms with E-state index in [0.29, 0.717) is 34.8 Å². The maximum atomic E-state index is 13.1. The smallest absolute Gasteiger partial charge is 0.255 e. The molecule has 1 aliphatic heterocycles. The van der Waals surface area contributed by atoms with Gasteiger partial charge in [0, 0.05) is 28.7 Å². The maximum absolute atomic E-state index is 13.1. The van der Waals surface area contributed by atoms with Crippen LogP contribution in [0.1, 0.15) is 16.8 Å². The number of nitrogens with zero attached hydrogens (tertiary/aromatic N) is 1. The Morgan fingerprint density at radius 3 is 3.00 bits per heavy atom. The molecule has 1 N–H and O–H groups in total. The minimum absolute atomic E-state index is 0.0351. The number of rotatable bonds is 4. The number of halogens is 2. The minimum atomic E-state index is -0.381. The SMILES string of the molecule is O=C(Nc1ccc(F)cc1Br)c1ccnc(O[C@@H]2CCOC2)c1. The van der Waals surface area contributed by atoms with Gasteiger partial charge in [-0.25, -0.2) is 9.37 Å². The van der Waals surface area contributed by atoms with Gasteiger partial charge in [0.15, 0.2) is 0 Å². The highest BCUT2D eigenvalue weighted by Gasteiger charge is 2.18. The summed E-state index contributed by atoms with van der Waals surface area (Å²) in [6.45, 7) is 1.20. The van der Waals surface area contributed by atoms with E-state index in [1.54, 1.807) is 12.1 Å². The van der Waals surface area contributed by atoms with Crippen LogP contribution >= 0.6 is 15.9 Å². The van der Waals surface area contributed by atoms with Crippen molar-refractivity contribution in [3.05, 3.63) is 52.4 Å². The van der Waals surface area contributed by atoms with Crippen molar-refractivity contribution in [1.29, 1.82) is 0 Å². The molecule has 2 heterocycles. The molecule has 23 heavy (non-hydrogen) atoms. The molecule has 1 saturated heterocycles. The summed E-state index contributed by atoms with van der Waals surface area (Å²) in [7, 11) is 0. The number of amides is 1. The lowest BCUT2D eigenvalue weighted by molar-refractivity contribution is 0.102. The van der Waals surface area contributed by atoms with Crippen molar-refractivity contribution < 1.29 is 18.7 Å². The van der Waals surface area contributed by atoms with E-state index in [1.807, 2.05) is 0 Å². The molecular formula is C16H14BrFN2O3. The van der Waals surface area contributed by atoms with Gasteiger partial charge in [0.2, 0.25) is 5.88 Å². The number of ether oxygens (including phenoxy) is 2. The standard InChI is InChI=1S/C16H14BrFN2O3/c17-13-8-11(18)1-2-14(13)20-16(21)10-3-5-19-15(7-10)23-12-4-6-22-9-12/h1-3,5,7-8,12H,4,6,9H2,(H,20,21)/t12-/m1/s1. The van der Waals surface area contributed by atoms with E-state index >= 15 is 0 Å². The normalized spacial score (nSPS) is 17.0. The summed E-state index contributed by atoms with van der Waals surface area (Å²) < 4.78 is 24.5. The van der Waals surface area contributed by atoms with Crippen LogP contribution < -0.4 is 10.1 Å². The molecule has 0 saturated carbocycles. The van der Waals surface area contributed by atoms with Crippen LogP contribution in [0.3, 0.4) is 0 Å². The largest absolute Gasteiger partial charge is 0.472 e. The van der Waals surface area contributed by atoms with Gasteiger partial charge in [-0.05, 0) is 40.2 Å². The molecule has 1 aromatic carbocycles. The van der Waals surface area contributed by atoms with Crippen LogP contribution in [0.25, 0.3) is 0 Å². The molecule has 7 heteroatoms. The maximum Gasteiger partial charge on any atom is 0.255 e. The van der Waals surface area contributed by atoms with Crippen molar-refractivity contribution in [3.8, 4) is 5.88 Å². The molecule has 5 nitrogen and oxygen atoms in total. The van der Waals surface area contributed by atoms with Gasteiger partial charge in [-0.15, -0.1) is 0 Å². The first-order valence-electron chi connectivity index (χ1n) is 7.08. The van der Waals surface area contributed by atoms with Crippen molar-refractivity contribution >= 4 is 27.5 Å². The fourth-order valence-corrected chi connectivity index (χ4v) is 2.63. The highest BCUT2D eigenvalue weighted by Crippen LogP contribution is 2.24. The Morgan fingerprint density at radius 1 is 1.39 bits per heavy atom. The van der Waals surface area contributed by atoms with Crippen LogP contribution in [0.4, 0.5) is 10.1 Å². The quantitative estimate of drug-likeness (QED) is 0.882. The fraction of sp³-hybridized carbons (Fsp3) is 0.250. The molecule has 1 fully saturated rings. The van der Waals surface area contributed by atoms with Gasteiger partial charge in [-0.3, -0.25) is 4.79 Å². The zero-order chi connectivity index (χ0) is 16.2. The van der Waals surface area contributed by atoms with Crippen molar-refractivity contribution in [3.63, 3.8) is 0 Å². The molecule has 3 rings (SSSR count). The molecule has 0 bridgehead atoms. The van der Waals surface area contributed by atoms with Crippen LogP contribution in [0, 0.1) is 5.82 Å². The summed E-state index contributed by atoms with van der Waals surface area (Å²) in [5.41, 5.74) is 0.894. The van der Waals surface area contributed by atoms with E-state index in [9.17, 15) is 9.18 Å². The van der Waals surface area contributed by atoms with Crippen LogP contribution in [-0.4, -0.2) is 30.2 Å². The topological polar surface area (TPSA) is 60.5 Å². The van der Waals surface area contributed by atoms with Crippen LogP contribution in [0.2, 0.25) is 0 Å². The average molecular weight is 381 g/mol. The van der Waals surface area contributed by atoms with E-state index in [2.05, 4.69) is 26.2 Å². The number of hydrogen-bond acceptors (Lipinski definition) is 4. The Morgan fingerprint density at radius 2 is 2.26 bits per heavy atom. The first-order chi connectivity index (χ1) is 11.1. The highest BCUT2D eigenvalue weighted by molar-refractivity contribution is 9.10. The van der Waals surface area contributed by atoms with E-state index in [1.165, 1.54) is 24.4 Å². The van der Waals surface area contributed by atoms with Gasteiger partial charge in [0.1, 0.15) is 11.9 Å². The summed E-state index contributed by atoms with van der Waals surface area (Å²) in [5.74, 6) is -0.327. The average Bonchev–Trinajstić information content (AvgIpc) is 3.03. The third-order valence-electron chi connectivity index (χ3n) is 3.35. The molecule has 1 amide bonds. The van der Waals surface area contributed by atoms with Gasteiger partial charge in [0.05, 0.1) is 18.9 Å². The molecule has 0 spiro atoms. The zero-order valence-electron chi connectivity index (χ0n) is 12.1. The van der Waals surface area contributed by atoms with Crippen molar-refractivity contribution in [2.75, 3.05) is 18.5 Å². The van der Waals surface area contributed by atoms with Gasteiger partial charge in [-0.1, -0.05) is 0 Å². The minimum Gasteiger partial charge on any atom is -0.472 e. The Bertz CT molecular complexity index is 720. The van der Waals surface area contributed by atoms with Gasteiger partial charge in [0.25, 0.3) is 5.91 Å². The second-order valence-electron chi connectivity index (χ2n) is 5.06. The Labute approximate surface area is 140 Å². The summed E-state index contributed by atoms with van der Waals surface area (Å²) in [5, 5.41) is 2.71. The molecule has 0 radical (unpaired) electrons.